The quantitative estimate of drug-likeness (QED) is 0.732. The van der Waals surface area contributed by atoms with Gasteiger partial charge in [0.15, 0.2) is 0 Å². The number of nitrogens with one attached hydrogen (secondary N) is 1. The number of anilines is 1. The molecule has 2 aromatic carbocycles. The molecular formula is C23H22N2O3. The third-order valence-electron chi connectivity index (χ3n) is 4.95. The van der Waals surface area contributed by atoms with Gasteiger partial charge in [-0.25, -0.2) is 0 Å². The molecule has 0 atom stereocenters. The first-order valence-corrected chi connectivity index (χ1v) is 9.50. The number of carbonyl (C=O) groups excluding carboxylic acids is 2. The van der Waals surface area contributed by atoms with Crippen molar-refractivity contribution in [1.29, 1.82) is 0 Å². The fraction of sp³-hybridized carbons (Fsp3) is 0.217. The summed E-state index contributed by atoms with van der Waals surface area (Å²) in [4.78, 5) is 26.1. The van der Waals surface area contributed by atoms with E-state index in [1.165, 1.54) is 0 Å². The second-order valence-electron chi connectivity index (χ2n) is 6.88. The molecule has 3 aromatic rings. The molecule has 0 bridgehead atoms. The molecule has 2 amide bonds. The number of carbonyl (C=O) groups is 2. The Bertz CT molecular complexity index is 990. The molecule has 1 aliphatic rings. The Labute approximate surface area is 164 Å². The van der Waals surface area contributed by atoms with Crippen molar-refractivity contribution in [3.63, 3.8) is 0 Å². The van der Waals surface area contributed by atoms with Crippen LogP contribution in [-0.2, 0) is 17.8 Å². The van der Waals surface area contributed by atoms with E-state index in [1.807, 2.05) is 72.5 Å². The molecule has 2 heterocycles. The predicted molar refractivity (Wildman–Crippen MR) is 108 cm³/mol. The van der Waals surface area contributed by atoms with E-state index in [1.54, 1.807) is 0 Å². The molecule has 0 unspecified atom stereocenters. The molecule has 28 heavy (non-hydrogen) atoms. The summed E-state index contributed by atoms with van der Waals surface area (Å²) >= 11 is 0. The van der Waals surface area contributed by atoms with E-state index in [9.17, 15) is 9.59 Å². The van der Waals surface area contributed by atoms with Gasteiger partial charge in [0.2, 0.25) is 5.91 Å². The summed E-state index contributed by atoms with van der Waals surface area (Å²) in [7, 11) is 0. The molecule has 5 nitrogen and oxygen atoms in total. The average molecular weight is 374 g/mol. The maximum atomic E-state index is 12.7. The minimum atomic E-state index is -0.00983. The van der Waals surface area contributed by atoms with Crippen LogP contribution in [0, 0.1) is 0 Å². The van der Waals surface area contributed by atoms with E-state index in [4.69, 9.17) is 4.42 Å². The molecule has 0 fully saturated rings. The number of nitrogens with zero attached hydrogens (tertiary/aromatic N) is 1. The molecule has 5 heteroatoms. The number of hydrogen-bond acceptors (Lipinski definition) is 3. The Morgan fingerprint density at radius 1 is 1.07 bits per heavy atom. The zero-order valence-corrected chi connectivity index (χ0v) is 15.8. The highest BCUT2D eigenvalue weighted by atomic mass is 16.3. The van der Waals surface area contributed by atoms with Crippen molar-refractivity contribution in [2.24, 2.45) is 0 Å². The Kier molecular flexibility index (Phi) is 4.98. The fourth-order valence-electron chi connectivity index (χ4n) is 3.38. The monoisotopic (exact) mass is 374 g/mol. The lowest BCUT2D eigenvalue weighted by molar-refractivity contribution is -0.115. The van der Waals surface area contributed by atoms with E-state index in [0.29, 0.717) is 31.5 Å². The number of fused-ring (bicyclic) bond motifs is 1. The van der Waals surface area contributed by atoms with Crippen molar-refractivity contribution in [2.75, 3.05) is 11.9 Å². The largest absolute Gasteiger partial charge is 0.461 e. The summed E-state index contributed by atoms with van der Waals surface area (Å²) in [5, 5.41) is 2.84. The van der Waals surface area contributed by atoms with E-state index >= 15 is 0 Å². The highest BCUT2D eigenvalue weighted by Gasteiger charge is 2.25. The smallest absolute Gasteiger partial charge is 0.254 e. The van der Waals surface area contributed by atoms with Crippen molar-refractivity contribution >= 4 is 17.5 Å². The molecule has 1 aliphatic heterocycles. The normalized spacial score (nSPS) is 13.1. The molecule has 0 radical (unpaired) electrons. The van der Waals surface area contributed by atoms with E-state index < -0.39 is 0 Å². The lowest BCUT2D eigenvalue weighted by Gasteiger charge is -2.26. The first-order chi connectivity index (χ1) is 13.6. The molecule has 0 saturated heterocycles. The van der Waals surface area contributed by atoms with Gasteiger partial charge in [-0.05, 0) is 42.5 Å². The Hall–Kier alpha value is -3.34. The molecule has 4 rings (SSSR count). The summed E-state index contributed by atoms with van der Waals surface area (Å²) < 4.78 is 6.04. The van der Waals surface area contributed by atoms with Gasteiger partial charge in [-0.15, -0.1) is 0 Å². The van der Waals surface area contributed by atoms with Gasteiger partial charge in [-0.2, -0.15) is 0 Å². The predicted octanol–water partition coefficient (Wildman–Crippen LogP) is 4.49. The number of benzene rings is 2. The maximum Gasteiger partial charge on any atom is 0.254 e. The summed E-state index contributed by atoms with van der Waals surface area (Å²) in [6.45, 7) is 3.02. The number of furan rings is 1. The van der Waals surface area contributed by atoms with E-state index in [2.05, 4.69) is 5.32 Å². The van der Waals surface area contributed by atoms with Gasteiger partial charge in [0.05, 0.1) is 0 Å². The lowest BCUT2D eigenvalue weighted by atomic mass is 10.1. The molecule has 0 spiro atoms. The third kappa shape index (κ3) is 3.69. The first-order valence-electron chi connectivity index (χ1n) is 9.50. The van der Waals surface area contributed by atoms with Crippen molar-refractivity contribution in [3.8, 4) is 11.3 Å². The van der Waals surface area contributed by atoms with Gasteiger partial charge in [0.25, 0.3) is 5.91 Å². The zero-order chi connectivity index (χ0) is 19.5. The van der Waals surface area contributed by atoms with Crippen molar-refractivity contribution in [3.05, 3.63) is 77.6 Å². The molecule has 1 N–H and O–H groups in total. The van der Waals surface area contributed by atoms with Crippen LogP contribution < -0.4 is 5.32 Å². The fourth-order valence-corrected chi connectivity index (χ4v) is 3.38. The number of amides is 2. The van der Waals surface area contributed by atoms with Crippen LogP contribution in [0.2, 0.25) is 0 Å². The average Bonchev–Trinajstić information content (AvgIpc) is 3.17. The van der Waals surface area contributed by atoms with Crippen LogP contribution in [0.3, 0.4) is 0 Å². The molecular weight excluding hydrogens is 352 g/mol. The summed E-state index contributed by atoms with van der Waals surface area (Å²) in [5.41, 5.74) is 3.48. The van der Waals surface area contributed by atoms with Crippen molar-refractivity contribution < 1.29 is 14.0 Å². The van der Waals surface area contributed by atoms with Crippen LogP contribution in [0.15, 0.2) is 65.1 Å². The van der Waals surface area contributed by atoms with Gasteiger partial charge >= 0.3 is 0 Å². The minimum Gasteiger partial charge on any atom is -0.461 e. The Morgan fingerprint density at radius 3 is 2.54 bits per heavy atom. The van der Waals surface area contributed by atoms with Gasteiger partial charge in [0.1, 0.15) is 11.5 Å². The van der Waals surface area contributed by atoms with Gasteiger partial charge in [0, 0.05) is 48.3 Å². The minimum absolute atomic E-state index is 0.00983. The van der Waals surface area contributed by atoms with Crippen LogP contribution in [0.1, 0.15) is 35.0 Å². The van der Waals surface area contributed by atoms with Crippen LogP contribution in [0.4, 0.5) is 5.69 Å². The van der Waals surface area contributed by atoms with E-state index in [0.717, 1.165) is 28.3 Å². The zero-order valence-electron chi connectivity index (χ0n) is 15.8. The van der Waals surface area contributed by atoms with Gasteiger partial charge in [-0.1, -0.05) is 25.1 Å². The van der Waals surface area contributed by atoms with Crippen LogP contribution in [0.5, 0.6) is 0 Å². The molecule has 0 aliphatic carbocycles. The van der Waals surface area contributed by atoms with Crippen molar-refractivity contribution in [2.45, 2.75) is 26.3 Å². The second-order valence-corrected chi connectivity index (χ2v) is 6.88. The van der Waals surface area contributed by atoms with E-state index in [-0.39, 0.29) is 11.8 Å². The first kappa shape index (κ1) is 18.0. The van der Waals surface area contributed by atoms with Gasteiger partial charge < -0.3 is 14.6 Å². The molecule has 0 saturated carbocycles. The maximum absolute atomic E-state index is 12.7. The second kappa shape index (κ2) is 7.72. The Morgan fingerprint density at radius 2 is 1.82 bits per heavy atom. The number of rotatable bonds is 4. The van der Waals surface area contributed by atoms with Crippen LogP contribution in [0.25, 0.3) is 11.3 Å². The molecule has 1 aromatic heterocycles. The Balaban J connectivity index is 1.50. The SMILES string of the molecule is CCC(=O)Nc1ccc(-c2cc3c(o2)CCN(C(=O)c2ccccc2)C3)cc1. The summed E-state index contributed by atoms with van der Waals surface area (Å²) in [5.74, 6) is 1.76. The van der Waals surface area contributed by atoms with Crippen LogP contribution in [-0.4, -0.2) is 23.3 Å². The topological polar surface area (TPSA) is 62.6 Å². The lowest BCUT2D eigenvalue weighted by Crippen LogP contribution is -2.35. The summed E-state index contributed by atoms with van der Waals surface area (Å²) in [6, 6.07) is 19.0. The standard InChI is InChI=1S/C23H22N2O3/c1-2-22(26)24-19-10-8-16(9-11-19)21-14-18-15-25(13-12-20(18)28-21)23(27)17-6-4-3-5-7-17/h3-11,14H,2,12-13,15H2,1H3,(H,24,26). The highest BCUT2D eigenvalue weighted by molar-refractivity contribution is 5.94. The summed E-state index contributed by atoms with van der Waals surface area (Å²) in [6.07, 6.45) is 1.16. The highest BCUT2D eigenvalue weighted by Crippen LogP contribution is 2.30. The van der Waals surface area contributed by atoms with Crippen LogP contribution >= 0.6 is 0 Å². The number of hydrogen-bond donors (Lipinski definition) is 1. The third-order valence-corrected chi connectivity index (χ3v) is 4.95. The van der Waals surface area contributed by atoms with Gasteiger partial charge in [-0.3, -0.25) is 9.59 Å². The van der Waals surface area contributed by atoms with Crippen molar-refractivity contribution in [1.82, 2.24) is 4.90 Å². The molecule has 142 valence electrons.